The van der Waals surface area contributed by atoms with E-state index in [-0.39, 0.29) is 21.5 Å². The average molecular weight is 490 g/mol. The molecule has 3 aromatic carbocycles. The van der Waals surface area contributed by atoms with Crippen LogP contribution in [-0.4, -0.2) is 40.6 Å². The predicted octanol–water partition coefficient (Wildman–Crippen LogP) is 4.37. The number of rotatable bonds is 6. The lowest BCUT2D eigenvalue weighted by Crippen LogP contribution is -2.36. The highest BCUT2D eigenvalue weighted by molar-refractivity contribution is 7.92. The molecule has 4 rings (SSSR count). The molecule has 0 aliphatic carbocycles. The summed E-state index contributed by atoms with van der Waals surface area (Å²) in [4.78, 5) is 14.7. The first kappa shape index (κ1) is 23.0. The molecule has 2 N–H and O–H groups in total. The fraction of sp³-hybridized carbons (Fsp3) is 0.174. The molecular formula is C23H21ClFN3O4S. The van der Waals surface area contributed by atoms with Crippen molar-refractivity contribution >= 4 is 44.6 Å². The average Bonchev–Trinajstić information content (AvgIpc) is 2.82. The number of hydrogen-bond acceptors (Lipinski definition) is 5. The second kappa shape index (κ2) is 9.78. The maximum atomic E-state index is 13.3. The number of nitrogens with one attached hydrogen (secondary N) is 2. The van der Waals surface area contributed by atoms with E-state index in [0.29, 0.717) is 24.5 Å². The molecular weight excluding hydrogens is 469 g/mol. The van der Waals surface area contributed by atoms with Gasteiger partial charge in [0.1, 0.15) is 5.82 Å². The van der Waals surface area contributed by atoms with Crippen LogP contribution in [0.3, 0.4) is 0 Å². The van der Waals surface area contributed by atoms with E-state index < -0.39 is 15.8 Å². The number of carbonyl (C=O) groups is 1. The lowest BCUT2D eigenvalue weighted by molar-refractivity contribution is 0.102. The van der Waals surface area contributed by atoms with Gasteiger partial charge in [-0.15, -0.1) is 0 Å². The van der Waals surface area contributed by atoms with E-state index in [1.807, 2.05) is 18.2 Å². The van der Waals surface area contributed by atoms with Gasteiger partial charge in [-0.05, 0) is 60.7 Å². The zero-order chi connectivity index (χ0) is 23.4. The first-order valence-electron chi connectivity index (χ1n) is 10.1. The number of amides is 1. The molecule has 33 heavy (non-hydrogen) atoms. The topological polar surface area (TPSA) is 87.7 Å². The number of carbonyl (C=O) groups excluding carboxylic acids is 1. The Bertz CT molecular complexity index is 1260. The minimum Gasteiger partial charge on any atom is -0.378 e. The summed E-state index contributed by atoms with van der Waals surface area (Å²) >= 11 is 5.68. The monoisotopic (exact) mass is 489 g/mol. The molecule has 1 aliphatic rings. The highest BCUT2D eigenvalue weighted by atomic mass is 35.5. The summed E-state index contributed by atoms with van der Waals surface area (Å²) in [5.41, 5.74) is 2.27. The van der Waals surface area contributed by atoms with Crippen molar-refractivity contribution in [1.29, 1.82) is 0 Å². The number of nitrogens with zero attached hydrogens (tertiary/aromatic N) is 1. The third-order valence-electron chi connectivity index (χ3n) is 5.08. The van der Waals surface area contributed by atoms with Crippen LogP contribution in [-0.2, 0) is 14.8 Å². The van der Waals surface area contributed by atoms with Crippen LogP contribution in [0.4, 0.5) is 21.5 Å². The number of benzene rings is 3. The number of morpholine rings is 1. The SMILES string of the molecule is O=C(Nc1cccc(N2CCOCC2)c1)c1ccc(NS(=O)(=O)c2ccc(F)c(Cl)c2)cc1. The fourth-order valence-corrected chi connectivity index (χ4v) is 4.68. The van der Waals surface area contributed by atoms with Gasteiger partial charge in [0.15, 0.2) is 0 Å². The Hall–Kier alpha value is -3.14. The zero-order valence-electron chi connectivity index (χ0n) is 17.4. The van der Waals surface area contributed by atoms with Gasteiger partial charge in [0, 0.05) is 35.7 Å². The van der Waals surface area contributed by atoms with Crippen LogP contribution >= 0.6 is 11.6 Å². The van der Waals surface area contributed by atoms with Crippen molar-refractivity contribution in [2.24, 2.45) is 0 Å². The normalized spacial score (nSPS) is 14.1. The van der Waals surface area contributed by atoms with Crippen molar-refractivity contribution in [3.63, 3.8) is 0 Å². The van der Waals surface area contributed by atoms with Crippen LogP contribution in [0.25, 0.3) is 0 Å². The second-order valence-corrected chi connectivity index (χ2v) is 9.45. The summed E-state index contributed by atoms with van der Waals surface area (Å²) in [5.74, 6) is -1.03. The molecule has 0 radical (unpaired) electrons. The van der Waals surface area contributed by atoms with Crippen LogP contribution in [0.1, 0.15) is 10.4 Å². The summed E-state index contributed by atoms with van der Waals surface area (Å²) in [6.07, 6.45) is 0. The molecule has 10 heteroatoms. The van der Waals surface area contributed by atoms with Crippen molar-refractivity contribution < 1.29 is 22.3 Å². The third-order valence-corrected chi connectivity index (χ3v) is 6.75. The van der Waals surface area contributed by atoms with Crippen LogP contribution < -0.4 is 14.9 Å². The molecule has 1 heterocycles. The van der Waals surface area contributed by atoms with E-state index in [1.165, 1.54) is 24.3 Å². The van der Waals surface area contributed by atoms with Gasteiger partial charge in [-0.25, -0.2) is 12.8 Å². The maximum Gasteiger partial charge on any atom is 0.261 e. The molecule has 1 saturated heterocycles. The van der Waals surface area contributed by atoms with Crippen LogP contribution in [0.2, 0.25) is 5.02 Å². The van der Waals surface area contributed by atoms with Crippen molar-refractivity contribution in [1.82, 2.24) is 0 Å². The molecule has 0 unspecified atom stereocenters. The minimum absolute atomic E-state index is 0.170. The number of sulfonamides is 1. The quantitative estimate of drug-likeness (QED) is 0.537. The summed E-state index contributed by atoms with van der Waals surface area (Å²) in [5, 5.41) is 2.57. The highest BCUT2D eigenvalue weighted by Crippen LogP contribution is 2.23. The Morgan fingerprint density at radius 3 is 2.39 bits per heavy atom. The standard InChI is InChI=1S/C23H21ClFN3O4S/c24-21-15-20(8-9-22(21)25)33(30,31)27-17-6-4-16(5-7-17)23(29)26-18-2-1-3-19(14-18)28-10-12-32-13-11-28/h1-9,14-15,27H,10-13H2,(H,26,29). The van der Waals surface area contributed by atoms with Gasteiger partial charge in [-0.3, -0.25) is 9.52 Å². The first-order chi connectivity index (χ1) is 15.8. The van der Waals surface area contributed by atoms with E-state index in [0.717, 1.165) is 37.0 Å². The van der Waals surface area contributed by atoms with E-state index in [1.54, 1.807) is 6.07 Å². The molecule has 0 spiro atoms. The van der Waals surface area contributed by atoms with Gasteiger partial charge in [0.05, 0.1) is 23.1 Å². The third kappa shape index (κ3) is 5.62. The van der Waals surface area contributed by atoms with Crippen molar-refractivity contribution in [2.75, 3.05) is 41.2 Å². The molecule has 1 amide bonds. The lowest BCUT2D eigenvalue weighted by atomic mass is 10.2. The Morgan fingerprint density at radius 2 is 1.70 bits per heavy atom. The molecule has 1 aliphatic heterocycles. The molecule has 172 valence electrons. The van der Waals surface area contributed by atoms with E-state index in [2.05, 4.69) is 14.9 Å². The van der Waals surface area contributed by atoms with Gasteiger partial charge in [-0.1, -0.05) is 17.7 Å². The largest absolute Gasteiger partial charge is 0.378 e. The summed E-state index contributed by atoms with van der Waals surface area (Å²) in [6.45, 7) is 2.92. The predicted molar refractivity (Wildman–Crippen MR) is 126 cm³/mol. The smallest absolute Gasteiger partial charge is 0.261 e. The second-order valence-electron chi connectivity index (χ2n) is 7.36. The van der Waals surface area contributed by atoms with Crippen molar-refractivity contribution in [3.8, 4) is 0 Å². The highest BCUT2D eigenvalue weighted by Gasteiger charge is 2.17. The molecule has 0 bridgehead atoms. The number of anilines is 3. The van der Waals surface area contributed by atoms with Crippen LogP contribution in [0, 0.1) is 5.82 Å². The number of halogens is 2. The molecule has 3 aromatic rings. The Balaban J connectivity index is 1.42. The lowest BCUT2D eigenvalue weighted by Gasteiger charge is -2.29. The Labute approximate surface area is 196 Å². The van der Waals surface area contributed by atoms with Gasteiger partial charge in [0.2, 0.25) is 0 Å². The fourth-order valence-electron chi connectivity index (χ4n) is 3.35. The Morgan fingerprint density at radius 1 is 0.970 bits per heavy atom. The van der Waals surface area contributed by atoms with Gasteiger partial charge in [0.25, 0.3) is 15.9 Å². The van der Waals surface area contributed by atoms with Crippen molar-refractivity contribution in [2.45, 2.75) is 4.90 Å². The molecule has 0 aromatic heterocycles. The summed E-state index contributed by atoms with van der Waals surface area (Å²) in [6, 6.07) is 16.7. The molecule has 7 nitrogen and oxygen atoms in total. The van der Waals surface area contributed by atoms with Crippen LogP contribution in [0.5, 0.6) is 0 Å². The van der Waals surface area contributed by atoms with Crippen molar-refractivity contribution in [3.05, 3.63) is 83.1 Å². The zero-order valence-corrected chi connectivity index (χ0v) is 19.0. The van der Waals surface area contributed by atoms with E-state index in [4.69, 9.17) is 16.3 Å². The number of hydrogen-bond donors (Lipinski definition) is 2. The molecule has 1 fully saturated rings. The van der Waals surface area contributed by atoms with Gasteiger partial charge in [-0.2, -0.15) is 0 Å². The summed E-state index contributed by atoms with van der Waals surface area (Å²) < 4.78 is 46.1. The van der Waals surface area contributed by atoms with E-state index >= 15 is 0 Å². The van der Waals surface area contributed by atoms with Gasteiger partial charge < -0.3 is 15.0 Å². The Kier molecular flexibility index (Phi) is 6.83. The van der Waals surface area contributed by atoms with E-state index in [9.17, 15) is 17.6 Å². The first-order valence-corrected chi connectivity index (χ1v) is 12.0. The minimum atomic E-state index is -3.97. The molecule has 0 atom stereocenters. The molecule has 0 saturated carbocycles. The van der Waals surface area contributed by atoms with Crippen LogP contribution in [0.15, 0.2) is 71.6 Å². The summed E-state index contributed by atoms with van der Waals surface area (Å²) in [7, 11) is -3.97. The van der Waals surface area contributed by atoms with Gasteiger partial charge >= 0.3 is 0 Å². The number of ether oxygens (including phenoxy) is 1. The maximum absolute atomic E-state index is 13.3.